The molecule has 1 heterocycles. The van der Waals surface area contributed by atoms with Gasteiger partial charge in [-0.25, -0.2) is 4.98 Å². The molecule has 1 aliphatic carbocycles. The zero-order chi connectivity index (χ0) is 17.8. The van der Waals surface area contributed by atoms with Gasteiger partial charge in [-0.05, 0) is 56.7 Å². The Morgan fingerprint density at radius 3 is 2.68 bits per heavy atom. The first-order chi connectivity index (χ1) is 12.0. The molecule has 3 rings (SSSR count). The SMILES string of the molecule is Cc1nc(C(C)NC(=O)CCC(=O)c2ccc3c(c2)CCCC3)cs1. The second kappa shape index (κ2) is 7.91. The van der Waals surface area contributed by atoms with Crippen molar-refractivity contribution in [2.75, 3.05) is 0 Å². The lowest BCUT2D eigenvalue weighted by atomic mass is 9.89. The van der Waals surface area contributed by atoms with Gasteiger partial charge in [0.25, 0.3) is 0 Å². The molecule has 0 fully saturated rings. The van der Waals surface area contributed by atoms with Crippen LogP contribution in [-0.4, -0.2) is 16.7 Å². The van der Waals surface area contributed by atoms with E-state index in [0.29, 0.717) is 0 Å². The molecule has 5 heteroatoms. The van der Waals surface area contributed by atoms with Gasteiger partial charge in [0.1, 0.15) is 0 Å². The van der Waals surface area contributed by atoms with Crippen LogP contribution in [0.25, 0.3) is 0 Å². The lowest BCUT2D eigenvalue weighted by Gasteiger charge is -2.16. The maximum Gasteiger partial charge on any atom is 0.220 e. The van der Waals surface area contributed by atoms with Crippen molar-refractivity contribution in [3.05, 3.63) is 51.0 Å². The lowest BCUT2D eigenvalue weighted by Crippen LogP contribution is -2.27. The number of benzene rings is 1. The summed E-state index contributed by atoms with van der Waals surface area (Å²) in [6.45, 7) is 3.86. The number of carbonyl (C=O) groups is 2. The van der Waals surface area contributed by atoms with Gasteiger partial charge in [-0.2, -0.15) is 0 Å². The first-order valence-electron chi connectivity index (χ1n) is 8.89. The summed E-state index contributed by atoms with van der Waals surface area (Å²) in [5, 5.41) is 5.86. The minimum atomic E-state index is -0.128. The fourth-order valence-corrected chi connectivity index (χ4v) is 3.95. The standard InChI is InChI=1S/C20H24N2O2S/c1-13(18-12-25-14(2)22-18)21-20(24)10-9-19(23)17-8-7-15-5-3-4-6-16(15)11-17/h7-8,11-13H,3-6,9-10H2,1-2H3,(H,21,24). The van der Waals surface area contributed by atoms with Crippen LogP contribution in [0.3, 0.4) is 0 Å². The fourth-order valence-electron chi connectivity index (χ4n) is 3.24. The summed E-state index contributed by atoms with van der Waals surface area (Å²) < 4.78 is 0. The number of fused-ring (bicyclic) bond motifs is 1. The summed E-state index contributed by atoms with van der Waals surface area (Å²) in [5.74, 6) is -0.0647. The topological polar surface area (TPSA) is 59.1 Å². The molecular weight excluding hydrogens is 332 g/mol. The number of aromatic nitrogens is 1. The Bertz CT molecular complexity index is 782. The van der Waals surface area contributed by atoms with Crippen LogP contribution in [0.1, 0.15) is 70.8 Å². The molecular formula is C20H24N2O2S. The van der Waals surface area contributed by atoms with Gasteiger partial charge in [-0.15, -0.1) is 11.3 Å². The van der Waals surface area contributed by atoms with Gasteiger partial charge in [-0.3, -0.25) is 9.59 Å². The average molecular weight is 356 g/mol. The van der Waals surface area contributed by atoms with Crippen molar-refractivity contribution >= 4 is 23.0 Å². The van der Waals surface area contributed by atoms with E-state index < -0.39 is 0 Å². The summed E-state index contributed by atoms with van der Waals surface area (Å²) in [4.78, 5) is 28.9. The van der Waals surface area contributed by atoms with Crippen molar-refractivity contribution in [3.63, 3.8) is 0 Å². The molecule has 0 aliphatic heterocycles. The van der Waals surface area contributed by atoms with Crippen molar-refractivity contribution in [1.29, 1.82) is 0 Å². The number of amides is 1. The number of aryl methyl sites for hydroxylation is 3. The third-order valence-electron chi connectivity index (χ3n) is 4.71. The molecule has 2 aromatic rings. The van der Waals surface area contributed by atoms with Crippen LogP contribution in [0.15, 0.2) is 23.6 Å². The van der Waals surface area contributed by atoms with Crippen LogP contribution < -0.4 is 5.32 Å². The van der Waals surface area contributed by atoms with Crippen LogP contribution in [0.4, 0.5) is 0 Å². The monoisotopic (exact) mass is 356 g/mol. The van der Waals surface area contributed by atoms with Crippen LogP contribution in [0.2, 0.25) is 0 Å². The Labute approximate surface area is 152 Å². The molecule has 1 amide bonds. The average Bonchev–Trinajstić information content (AvgIpc) is 3.06. The van der Waals surface area contributed by atoms with E-state index in [-0.39, 0.29) is 30.6 Å². The Balaban J connectivity index is 1.52. The van der Waals surface area contributed by atoms with E-state index in [1.807, 2.05) is 31.4 Å². The molecule has 132 valence electrons. The second-order valence-electron chi connectivity index (χ2n) is 6.69. The van der Waals surface area contributed by atoms with Crippen molar-refractivity contribution in [1.82, 2.24) is 10.3 Å². The molecule has 25 heavy (non-hydrogen) atoms. The first-order valence-corrected chi connectivity index (χ1v) is 9.77. The number of rotatable bonds is 6. The smallest absolute Gasteiger partial charge is 0.220 e. The Morgan fingerprint density at radius 2 is 1.96 bits per heavy atom. The predicted octanol–water partition coefficient (Wildman–Crippen LogP) is 4.17. The molecule has 0 saturated heterocycles. The molecule has 1 aromatic heterocycles. The Hall–Kier alpha value is -2.01. The fraction of sp³-hybridized carbons (Fsp3) is 0.450. The molecule has 1 atom stereocenters. The molecule has 0 saturated carbocycles. The van der Waals surface area contributed by atoms with Gasteiger partial charge in [-0.1, -0.05) is 12.1 Å². The molecule has 0 spiro atoms. The number of nitrogens with zero attached hydrogens (tertiary/aromatic N) is 1. The van der Waals surface area contributed by atoms with Gasteiger partial charge in [0.05, 0.1) is 16.7 Å². The van der Waals surface area contributed by atoms with Gasteiger partial charge in [0.15, 0.2) is 5.78 Å². The summed E-state index contributed by atoms with van der Waals surface area (Å²) in [5.41, 5.74) is 4.27. The molecule has 1 unspecified atom stereocenters. The summed E-state index contributed by atoms with van der Waals surface area (Å²) in [6.07, 6.45) is 5.05. The van der Waals surface area contributed by atoms with E-state index >= 15 is 0 Å². The third kappa shape index (κ3) is 4.54. The number of thiazole rings is 1. The van der Waals surface area contributed by atoms with E-state index in [0.717, 1.165) is 29.1 Å². The Kier molecular flexibility index (Phi) is 5.63. The normalized spacial score (nSPS) is 14.6. The first kappa shape index (κ1) is 17.8. The number of carbonyl (C=O) groups excluding carboxylic acids is 2. The largest absolute Gasteiger partial charge is 0.348 e. The van der Waals surface area contributed by atoms with Crippen LogP contribution >= 0.6 is 11.3 Å². The van der Waals surface area contributed by atoms with E-state index in [9.17, 15) is 9.59 Å². The van der Waals surface area contributed by atoms with E-state index in [4.69, 9.17) is 0 Å². The van der Waals surface area contributed by atoms with Gasteiger partial charge < -0.3 is 5.32 Å². The van der Waals surface area contributed by atoms with E-state index in [1.165, 1.54) is 24.0 Å². The zero-order valence-electron chi connectivity index (χ0n) is 14.8. The number of Topliss-reactive ketones (excluding diaryl/α,β-unsaturated/α-hetero) is 1. The molecule has 4 nitrogen and oxygen atoms in total. The Morgan fingerprint density at radius 1 is 1.20 bits per heavy atom. The number of hydrogen-bond acceptors (Lipinski definition) is 4. The van der Waals surface area contributed by atoms with Crippen LogP contribution in [-0.2, 0) is 17.6 Å². The number of nitrogens with one attached hydrogen (secondary N) is 1. The van der Waals surface area contributed by atoms with Crippen LogP contribution in [0, 0.1) is 6.92 Å². The molecule has 1 N–H and O–H groups in total. The van der Waals surface area contributed by atoms with Gasteiger partial charge in [0, 0.05) is 23.8 Å². The molecule has 1 aliphatic rings. The van der Waals surface area contributed by atoms with Crippen molar-refractivity contribution in [2.45, 2.75) is 58.4 Å². The quantitative estimate of drug-likeness (QED) is 0.790. The number of ketones is 1. The maximum atomic E-state index is 12.4. The molecule has 0 radical (unpaired) electrons. The summed E-state index contributed by atoms with van der Waals surface area (Å²) in [6, 6.07) is 5.88. The predicted molar refractivity (Wildman–Crippen MR) is 100 cm³/mol. The van der Waals surface area contributed by atoms with Crippen molar-refractivity contribution in [3.8, 4) is 0 Å². The summed E-state index contributed by atoms with van der Waals surface area (Å²) >= 11 is 1.57. The van der Waals surface area contributed by atoms with E-state index in [1.54, 1.807) is 11.3 Å². The highest BCUT2D eigenvalue weighted by atomic mass is 32.1. The number of hydrogen-bond donors (Lipinski definition) is 1. The lowest BCUT2D eigenvalue weighted by molar-refractivity contribution is -0.121. The second-order valence-corrected chi connectivity index (χ2v) is 7.76. The summed E-state index contributed by atoms with van der Waals surface area (Å²) in [7, 11) is 0. The zero-order valence-corrected chi connectivity index (χ0v) is 15.6. The molecule has 1 aromatic carbocycles. The van der Waals surface area contributed by atoms with Crippen LogP contribution in [0.5, 0.6) is 0 Å². The third-order valence-corrected chi connectivity index (χ3v) is 5.50. The van der Waals surface area contributed by atoms with Crippen molar-refractivity contribution < 1.29 is 9.59 Å². The minimum Gasteiger partial charge on any atom is -0.348 e. The maximum absolute atomic E-state index is 12.4. The highest BCUT2D eigenvalue weighted by Crippen LogP contribution is 2.23. The molecule has 0 bridgehead atoms. The van der Waals surface area contributed by atoms with Gasteiger partial charge in [0.2, 0.25) is 5.91 Å². The van der Waals surface area contributed by atoms with Gasteiger partial charge >= 0.3 is 0 Å². The highest BCUT2D eigenvalue weighted by molar-refractivity contribution is 7.09. The highest BCUT2D eigenvalue weighted by Gasteiger charge is 2.16. The van der Waals surface area contributed by atoms with E-state index in [2.05, 4.69) is 16.4 Å². The minimum absolute atomic E-state index is 0.0423. The van der Waals surface area contributed by atoms with Crippen molar-refractivity contribution in [2.24, 2.45) is 0 Å².